The number of rotatable bonds is 20. The number of nitrogens with zero attached hydrogens (tertiary/aromatic N) is 3. The van der Waals surface area contributed by atoms with Crippen molar-refractivity contribution in [1.82, 2.24) is 0 Å². The van der Waals surface area contributed by atoms with Crippen molar-refractivity contribution in [2.24, 2.45) is 4.99 Å². The van der Waals surface area contributed by atoms with Gasteiger partial charge >= 0.3 is 41.9 Å². The van der Waals surface area contributed by atoms with Crippen molar-refractivity contribution in [3.05, 3.63) is 233 Å². The third-order valence-corrected chi connectivity index (χ3v) is 11.9. The Balaban J connectivity index is -0.0000000895. The molecule has 0 fully saturated rings. The Kier molecular flexibility index (Phi) is 137. The maximum atomic E-state index is 11.9. The van der Waals surface area contributed by atoms with Gasteiger partial charge in [-0.15, -0.1) is 0 Å². The summed E-state index contributed by atoms with van der Waals surface area (Å²) in [5.74, 6) is -0.618. The maximum Gasteiger partial charge on any atom is 0.344 e. The zero-order chi connectivity index (χ0) is 113. The number of esters is 4. The van der Waals surface area contributed by atoms with Crippen LogP contribution in [-0.2, 0) is 47.7 Å². The standard InChI is InChI=1S/C19H22N2O4.C15H14N2O4.C12H15NO5.C12H17NO3.C7H5NO.C6H11BrO2.C6H5NO3.16C2H6.CH4/c1-19(2,3)25-17(22)13-24-16-11-9-15(10-12-16)21-18(23)20-14-7-5-4-6-8-14;18-14(19)10-21-13-8-6-12(7-9-13)17-15(20)16-11-4-2-1-3-5-11;1-12(2,3)18-11(14)8-17-10-6-4-9(5-7-10)13(15)16;1-12(2,3)16-11(14)8-15-10-6-4-9(13)5-7-10;9-6-8-7-4-2-1-3-5-7;1-6(2,3)9-5(8)4-7;8-6-3-1-5(2-4-6)7(9)10;16*1-2;/h4-12H,13H2,1-3H3,(H2,20,21,23);1-9H,10H2,(H,18,19)(H2,16,17,20);4-7H,8H2,1-3H3;4-7H,8,13H2,1-3H3;1-5H;4H2,1-3H3;1-4,8H;16*1-2H3;1H4. The highest BCUT2D eigenvalue weighted by Gasteiger charge is 2.20. The first kappa shape index (κ1) is 165. The van der Waals surface area contributed by atoms with Gasteiger partial charge in [0.15, 0.2) is 26.4 Å². The lowest BCUT2D eigenvalue weighted by atomic mass is 10.2. The molecule has 0 atom stereocenters. The highest BCUT2D eigenvalue weighted by Crippen LogP contribution is 2.22. The van der Waals surface area contributed by atoms with E-state index in [-0.39, 0.29) is 79.3 Å². The van der Waals surface area contributed by atoms with E-state index in [2.05, 4.69) is 42.2 Å². The number of urea groups is 2. The van der Waals surface area contributed by atoms with Crippen molar-refractivity contribution in [2.75, 3.05) is 58.8 Å². The molecule has 0 saturated heterocycles. The molecule has 8 rings (SSSR count). The SMILES string of the molecule is C.CC.CC.CC.CC.CC.CC.CC.CC.CC.CC.CC.CC.CC.CC.CC.CC.CC(C)(C)OC(=O)CBr.CC(C)(C)OC(=O)COc1ccc(N)cc1.CC(C)(C)OC(=O)COc1ccc(NC(=O)Nc2ccccc2)cc1.CC(C)(C)OC(=O)COc1ccc([N+](=O)[O-])cc1.O=C(O)COc1ccc(NC(=O)Nc2ccccc2)cc1.O=C=Nc1ccccc1.O=[N+]([O-])c1ccc(O)cc1. The molecule has 8 aromatic rings. The highest BCUT2D eigenvalue weighted by atomic mass is 79.9. The van der Waals surface area contributed by atoms with E-state index in [9.17, 15) is 58.6 Å². The molecule has 808 valence electrons. The molecule has 0 unspecified atom stereocenters. The van der Waals surface area contributed by atoms with Crippen molar-refractivity contribution in [3.8, 4) is 28.7 Å². The summed E-state index contributed by atoms with van der Waals surface area (Å²) in [5.41, 5.74) is 7.42. The first-order valence-corrected chi connectivity index (χ1v) is 49.6. The third kappa shape index (κ3) is 118. The number of phenols is 1. The number of hydrogen-bond donors (Lipinski definition) is 7. The molecule has 30 nitrogen and oxygen atoms in total. The third-order valence-electron chi connectivity index (χ3n) is 11.4. The van der Waals surface area contributed by atoms with Crippen molar-refractivity contribution in [3.63, 3.8) is 0 Å². The summed E-state index contributed by atoms with van der Waals surface area (Å²) in [7, 11) is 0. The molecule has 0 radical (unpaired) electrons. The van der Waals surface area contributed by atoms with Gasteiger partial charge in [-0.1, -0.05) is 300 Å². The van der Waals surface area contributed by atoms with Crippen LogP contribution in [0, 0.1) is 20.2 Å². The van der Waals surface area contributed by atoms with Crippen molar-refractivity contribution in [1.29, 1.82) is 0 Å². The number of amides is 4. The molecule has 141 heavy (non-hydrogen) atoms. The van der Waals surface area contributed by atoms with Crippen LogP contribution in [0.25, 0.3) is 0 Å². The summed E-state index contributed by atoms with van der Waals surface area (Å²) < 4.78 is 41.0. The number of nitrogen functional groups attached to an aromatic ring is 1. The number of phenolic OH excluding ortho intramolecular Hbond substituents is 1. The van der Waals surface area contributed by atoms with E-state index in [1.54, 1.807) is 151 Å². The zero-order valence-corrected chi connectivity index (χ0v) is 95.2. The van der Waals surface area contributed by atoms with Crippen LogP contribution in [0.15, 0.2) is 217 Å². The number of nitrogens with two attached hydrogens (primary N) is 1. The smallest absolute Gasteiger partial charge is 0.344 e. The van der Waals surface area contributed by atoms with Gasteiger partial charge in [0.25, 0.3) is 11.4 Å². The molecule has 31 heteroatoms. The minimum Gasteiger partial charge on any atom is -0.508 e. The molecule has 0 aliphatic heterocycles. The number of aliphatic carboxylic acids is 1. The van der Waals surface area contributed by atoms with Crippen molar-refractivity contribution in [2.45, 2.75) is 334 Å². The Morgan fingerprint density at radius 3 is 0.752 bits per heavy atom. The molecular weight excluding hydrogens is 1870 g/mol. The molecule has 4 amide bonds. The average Bonchev–Trinajstić information content (AvgIpc) is 0.894. The molecule has 0 saturated carbocycles. The summed E-state index contributed by atoms with van der Waals surface area (Å²) in [6, 6.07) is 57.0. The molecule has 8 N–H and O–H groups in total. The molecule has 0 bridgehead atoms. The average molecular weight is 2060 g/mol. The Morgan fingerprint density at radius 2 is 0.539 bits per heavy atom. The number of benzene rings is 8. The second-order valence-corrected chi connectivity index (χ2v) is 26.2. The Labute approximate surface area is 860 Å². The van der Waals surface area contributed by atoms with Gasteiger partial charge in [-0.3, -0.25) is 25.0 Å². The number of carbonyl (C=O) groups is 7. The van der Waals surface area contributed by atoms with Crippen LogP contribution in [0.4, 0.5) is 55.1 Å². The number of ether oxygens (including phenoxy) is 8. The van der Waals surface area contributed by atoms with Gasteiger partial charge in [0.2, 0.25) is 6.08 Å². The number of non-ortho nitro benzene ring substituents is 2. The van der Waals surface area contributed by atoms with E-state index in [4.69, 9.17) is 53.8 Å². The number of carbonyl (C=O) groups excluding carboxylic acids is 7. The number of anilines is 5. The van der Waals surface area contributed by atoms with Crippen LogP contribution in [0.1, 0.15) is 312 Å². The number of carboxylic acid groups (broad SMARTS) is 1. The molecule has 8 aromatic carbocycles. The zero-order valence-electron chi connectivity index (χ0n) is 93.6. The van der Waals surface area contributed by atoms with E-state index in [1.165, 1.54) is 54.6 Å². The normalized spacial score (nSPS) is 8.52. The van der Waals surface area contributed by atoms with E-state index in [0.29, 0.717) is 57.1 Å². The number of carboxylic acids is 1. The highest BCUT2D eigenvalue weighted by molar-refractivity contribution is 9.09. The van der Waals surface area contributed by atoms with Gasteiger partial charge in [0.05, 0.1) is 15.5 Å². The monoisotopic (exact) mass is 2050 g/mol. The van der Waals surface area contributed by atoms with Crippen LogP contribution in [0.3, 0.4) is 0 Å². The number of nitro groups is 2. The molecule has 0 heterocycles. The minimum absolute atomic E-state index is 0. The number of aromatic hydroxyl groups is 1. The molecule has 0 aliphatic rings. The number of aliphatic imine (C=N–C) groups is 1. The molecule has 0 aliphatic carbocycles. The van der Waals surface area contributed by atoms with Gasteiger partial charge in [-0.05, 0) is 217 Å². The van der Waals surface area contributed by atoms with E-state index < -0.39 is 51.2 Å². The van der Waals surface area contributed by atoms with Crippen LogP contribution in [-0.4, -0.2) is 122 Å². The first-order valence-electron chi connectivity index (χ1n) is 48.5. The molecule has 0 spiro atoms. The van der Waals surface area contributed by atoms with Gasteiger partial charge in [-0.25, -0.2) is 33.6 Å². The topological polar surface area (TPSA) is 424 Å². The molecule has 0 aromatic heterocycles. The lowest BCUT2D eigenvalue weighted by Crippen LogP contribution is -2.27. The number of para-hydroxylation sites is 3. The predicted molar refractivity (Wildman–Crippen MR) is 599 cm³/mol. The van der Waals surface area contributed by atoms with E-state index >= 15 is 0 Å². The number of halogens is 1. The van der Waals surface area contributed by atoms with Crippen LogP contribution < -0.4 is 45.9 Å². The van der Waals surface area contributed by atoms with Gasteiger partial charge in [0.1, 0.15) is 56.5 Å². The fourth-order valence-corrected chi connectivity index (χ4v) is 7.42. The number of nitrogens with one attached hydrogen (secondary N) is 4. The van der Waals surface area contributed by atoms with Crippen LogP contribution in [0.5, 0.6) is 28.7 Å². The van der Waals surface area contributed by atoms with Gasteiger partial charge < -0.3 is 75.1 Å². The van der Waals surface area contributed by atoms with Crippen LogP contribution >= 0.6 is 15.9 Å². The number of isocyanates is 1. The maximum absolute atomic E-state index is 11.9. The Morgan fingerprint density at radius 1 is 0.333 bits per heavy atom. The lowest BCUT2D eigenvalue weighted by molar-refractivity contribution is -0.385. The molecular formula is C110H189BrN8O22. The predicted octanol–water partition coefficient (Wildman–Crippen LogP) is 32.9. The van der Waals surface area contributed by atoms with Gasteiger partial charge in [-0.2, -0.15) is 4.99 Å². The lowest BCUT2D eigenvalue weighted by Gasteiger charge is -2.19. The number of hydrogen-bond acceptors (Lipinski definition) is 23. The quantitative estimate of drug-likeness (QED) is 0.00544. The number of alkyl halides is 1. The Bertz CT molecular complexity index is 4130. The van der Waals surface area contributed by atoms with Crippen molar-refractivity contribution < 1.29 is 96.3 Å². The minimum atomic E-state index is -1.04. The fourth-order valence-electron chi connectivity index (χ4n) is 7.31. The summed E-state index contributed by atoms with van der Waals surface area (Å²) >= 11 is 2.99. The fraction of sp³-hybridized carbons (Fsp3) is 0.491. The van der Waals surface area contributed by atoms with Crippen LogP contribution in [0.2, 0.25) is 0 Å². The summed E-state index contributed by atoms with van der Waals surface area (Å²) in [5, 5.41) is 48.7. The second-order valence-electron chi connectivity index (χ2n) is 25.6. The van der Waals surface area contributed by atoms with Crippen molar-refractivity contribution >= 4 is 109 Å². The second kappa shape index (κ2) is 118. The summed E-state index contributed by atoms with van der Waals surface area (Å²) in [4.78, 5) is 111. The number of nitro benzene ring substituents is 2. The first-order chi connectivity index (χ1) is 66.7. The van der Waals surface area contributed by atoms with Gasteiger partial charge in [0, 0.05) is 52.7 Å². The largest absolute Gasteiger partial charge is 0.508 e. The summed E-state index contributed by atoms with van der Waals surface area (Å²) in [6.07, 6.45) is 1.46. The van der Waals surface area contributed by atoms with E-state index in [1.807, 2.05) is 318 Å². The Hall–Kier alpha value is -12.9. The van der Waals surface area contributed by atoms with E-state index in [0.717, 1.165) is 0 Å². The summed E-state index contributed by atoms with van der Waals surface area (Å²) in [6.45, 7) is 84.7.